The normalized spacial score (nSPS) is 18.7. The van der Waals surface area contributed by atoms with E-state index in [1.54, 1.807) is 18.4 Å². The summed E-state index contributed by atoms with van der Waals surface area (Å²) in [5.41, 5.74) is 0. The Balaban J connectivity index is 0.00000220. The van der Waals surface area contributed by atoms with E-state index in [-0.39, 0.29) is 24.0 Å². The molecule has 5 nitrogen and oxygen atoms in total. The number of likely N-dealkylation sites (tertiary alicyclic amines) is 1. The number of thiazole rings is 1. The van der Waals surface area contributed by atoms with Crippen molar-refractivity contribution in [3.63, 3.8) is 0 Å². The van der Waals surface area contributed by atoms with Gasteiger partial charge in [0, 0.05) is 43.7 Å². The summed E-state index contributed by atoms with van der Waals surface area (Å²) in [7, 11) is 1.77. The number of hydrogen-bond acceptors (Lipinski definition) is 4. The minimum absolute atomic E-state index is 0. The number of guanidine groups is 1. The predicted molar refractivity (Wildman–Crippen MR) is 98.6 cm³/mol. The third-order valence-electron chi connectivity index (χ3n) is 3.36. The summed E-state index contributed by atoms with van der Waals surface area (Å²) in [4.78, 5) is 12.6. The van der Waals surface area contributed by atoms with Crippen molar-refractivity contribution in [2.24, 2.45) is 10.9 Å². The fraction of sp³-hybridized carbons (Fsp3) is 0.714. The summed E-state index contributed by atoms with van der Waals surface area (Å²) >= 11 is 1.71. The number of nitrogens with one attached hydrogen (secondary N) is 1. The number of aryl methyl sites for hydroxylation is 1. The molecule has 0 radical (unpaired) electrons. The van der Waals surface area contributed by atoms with Gasteiger partial charge in [0.05, 0.1) is 13.2 Å². The highest BCUT2D eigenvalue weighted by Gasteiger charge is 2.24. The van der Waals surface area contributed by atoms with Crippen LogP contribution in [0.1, 0.15) is 23.2 Å². The first-order valence-corrected chi connectivity index (χ1v) is 7.98. The molecule has 0 amide bonds. The van der Waals surface area contributed by atoms with Crippen molar-refractivity contribution in [1.82, 2.24) is 15.2 Å². The van der Waals surface area contributed by atoms with Gasteiger partial charge in [-0.3, -0.25) is 0 Å². The van der Waals surface area contributed by atoms with Crippen LogP contribution in [0.5, 0.6) is 0 Å². The van der Waals surface area contributed by atoms with E-state index in [4.69, 9.17) is 9.73 Å². The smallest absolute Gasteiger partial charge is 0.194 e. The molecule has 1 atom stereocenters. The van der Waals surface area contributed by atoms with E-state index >= 15 is 0 Å². The van der Waals surface area contributed by atoms with Crippen LogP contribution >= 0.6 is 35.3 Å². The van der Waals surface area contributed by atoms with Gasteiger partial charge >= 0.3 is 0 Å². The topological polar surface area (TPSA) is 49.8 Å². The first kappa shape index (κ1) is 18.6. The van der Waals surface area contributed by atoms with Crippen molar-refractivity contribution < 1.29 is 4.74 Å². The molecule has 0 aromatic carbocycles. The minimum Gasteiger partial charge on any atom is -0.384 e. The first-order valence-electron chi connectivity index (χ1n) is 7.16. The number of rotatable bonds is 5. The van der Waals surface area contributed by atoms with Gasteiger partial charge in [-0.1, -0.05) is 0 Å². The van der Waals surface area contributed by atoms with E-state index in [0.717, 1.165) is 37.2 Å². The molecule has 2 heterocycles. The van der Waals surface area contributed by atoms with Crippen LogP contribution in [0.4, 0.5) is 0 Å². The largest absolute Gasteiger partial charge is 0.384 e. The Labute approximate surface area is 148 Å². The van der Waals surface area contributed by atoms with E-state index in [0.29, 0.717) is 12.5 Å². The molecular weight excluding hydrogens is 399 g/mol. The summed E-state index contributed by atoms with van der Waals surface area (Å²) in [6.07, 6.45) is 3.08. The molecule has 7 heteroatoms. The second-order valence-electron chi connectivity index (χ2n) is 5.09. The molecule has 1 fully saturated rings. The van der Waals surface area contributed by atoms with Gasteiger partial charge in [0.25, 0.3) is 0 Å². The van der Waals surface area contributed by atoms with Gasteiger partial charge in [0.1, 0.15) is 5.01 Å². The van der Waals surface area contributed by atoms with Gasteiger partial charge in [-0.05, 0) is 20.3 Å². The lowest BCUT2D eigenvalue weighted by Gasteiger charge is -2.21. The molecule has 1 aliphatic heterocycles. The van der Waals surface area contributed by atoms with E-state index in [1.165, 1.54) is 11.3 Å². The molecule has 0 bridgehead atoms. The van der Waals surface area contributed by atoms with Crippen LogP contribution in [-0.4, -0.2) is 49.2 Å². The zero-order chi connectivity index (χ0) is 14.4. The van der Waals surface area contributed by atoms with Gasteiger partial charge < -0.3 is 15.0 Å². The number of methoxy groups -OCH3 is 1. The molecule has 0 spiro atoms. The summed E-state index contributed by atoms with van der Waals surface area (Å²) in [6, 6.07) is 0. The molecule has 1 N–H and O–H groups in total. The molecule has 1 aliphatic rings. The van der Waals surface area contributed by atoms with Gasteiger partial charge in [-0.15, -0.1) is 35.3 Å². The Bertz CT molecular complexity index is 452. The zero-order valence-corrected chi connectivity index (χ0v) is 16.1. The molecular formula is C14H25IN4OS. The molecule has 0 aliphatic carbocycles. The highest BCUT2D eigenvalue weighted by Crippen LogP contribution is 2.17. The average molecular weight is 424 g/mol. The van der Waals surface area contributed by atoms with Crippen LogP contribution in [0.15, 0.2) is 11.2 Å². The van der Waals surface area contributed by atoms with Gasteiger partial charge in [-0.2, -0.15) is 0 Å². The number of hydrogen-bond donors (Lipinski definition) is 1. The van der Waals surface area contributed by atoms with Crippen LogP contribution in [0.3, 0.4) is 0 Å². The van der Waals surface area contributed by atoms with Crippen LogP contribution in [0.2, 0.25) is 0 Å². The quantitative estimate of drug-likeness (QED) is 0.449. The van der Waals surface area contributed by atoms with Crippen molar-refractivity contribution >= 4 is 41.3 Å². The molecule has 1 unspecified atom stereocenters. The van der Waals surface area contributed by atoms with Crippen molar-refractivity contribution in [3.8, 4) is 0 Å². The maximum Gasteiger partial charge on any atom is 0.194 e. The molecule has 1 aromatic rings. The Morgan fingerprint density at radius 3 is 3.05 bits per heavy atom. The number of aliphatic imine (C=N–C) groups is 1. The molecule has 120 valence electrons. The predicted octanol–water partition coefficient (Wildman–Crippen LogP) is 2.50. The Morgan fingerprint density at radius 1 is 1.62 bits per heavy atom. The third-order valence-corrected chi connectivity index (χ3v) is 4.25. The van der Waals surface area contributed by atoms with Crippen molar-refractivity contribution in [2.75, 3.05) is 33.4 Å². The van der Waals surface area contributed by atoms with E-state index < -0.39 is 0 Å². The molecule has 2 rings (SSSR count). The molecule has 1 saturated heterocycles. The minimum atomic E-state index is 0. The first-order chi connectivity index (χ1) is 9.72. The van der Waals surface area contributed by atoms with E-state index in [9.17, 15) is 0 Å². The van der Waals surface area contributed by atoms with Gasteiger partial charge in [0.15, 0.2) is 5.96 Å². The van der Waals surface area contributed by atoms with Gasteiger partial charge in [0.2, 0.25) is 0 Å². The summed E-state index contributed by atoms with van der Waals surface area (Å²) in [5, 5.41) is 4.45. The van der Waals surface area contributed by atoms with Gasteiger partial charge in [-0.25, -0.2) is 9.98 Å². The zero-order valence-electron chi connectivity index (χ0n) is 13.0. The lowest BCUT2D eigenvalue weighted by Crippen LogP contribution is -2.40. The highest BCUT2D eigenvalue weighted by atomic mass is 127. The average Bonchev–Trinajstić information content (AvgIpc) is 3.04. The lowest BCUT2D eigenvalue weighted by atomic mass is 10.1. The Kier molecular flexibility index (Phi) is 8.50. The second kappa shape index (κ2) is 9.58. The third kappa shape index (κ3) is 5.71. The monoisotopic (exact) mass is 424 g/mol. The highest BCUT2D eigenvalue weighted by molar-refractivity contribution is 14.0. The molecule has 21 heavy (non-hydrogen) atoms. The summed E-state index contributed by atoms with van der Waals surface area (Å²) in [6.45, 7) is 8.64. The molecule has 1 aromatic heterocycles. The van der Waals surface area contributed by atoms with Crippen molar-refractivity contribution in [1.29, 1.82) is 0 Å². The maximum atomic E-state index is 5.25. The van der Waals surface area contributed by atoms with Crippen molar-refractivity contribution in [3.05, 3.63) is 16.1 Å². The number of ether oxygens (including phenoxy) is 1. The number of aromatic nitrogens is 1. The Morgan fingerprint density at radius 2 is 2.43 bits per heavy atom. The standard InChI is InChI=1S/C14H24N4OS.HI/c1-4-15-14(17-8-13-16-7-11(2)20-13)18-6-5-12(9-18)10-19-3;/h7,12H,4-6,8-10H2,1-3H3,(H,15,17);1H. The van der Waals surface area contributed by atoms with Crippen LogP contribution in [0, 0.1) is 12.8 Å². The second-order valence-corrected chi connectivity index (χ2v) is 6.41. The number of halogens is 1. The SMILES string of the molecule is CCNC(=NCc1ncc(C)s1)N1CCC(COC)C1.I. The van der Waals surface area contributed by atoms with E-state index in [1.807, 2.05) is 6.20 Å². The summed E-state index contributed by atoms with van der Waals surface area (Å²) < 4.78 is 5.25. The summed E-state index contributed by atoms with van der Waals surface area (Å²) in [5.74, 6) is 1.62. The number of nitrogens with zero attached hydrogens (tertiary/aromatic N) is 3. The fourth-order valence-electron chi connectivity index (χ4n) is 2.44. The fourth-order valence-corrected chi connectivity index (χ4v) is 3.15. The Hall–Kier alpha value is -0.410. The van der Waals surface area contributed by atoms with Crippen molar-refractivity contribution in [2.45, 2.75) is 26.8 Å². The van der Waals surface area contributed by atoms with E-state index in [2.05, 4.69) is 29.0 Å². The molecule has 0 saturated carbocycles. The van der Waals surface area contributed by atoms with Crippen LogP contribution in [0.25, 0.3) is 0 Å². The van der Waals surface area contributed by atoms with Crippen LogP contribution in [-0.2, 0) is 11.3 Å². The van der Waals surface area contributed by atoms with Crippen LogP contribution < -0.4 is 5.32 Å². The maximum absolute atomic E-state index is 5.25. The lowest BCUT2D eigenvalue weighted by molar-refractivity contribution is 0.157.